The van der Waals surface area contributed by atoms with Gasteiger partial charge in [0, 0.05) is 0 Å². The van der Waals surface area contributed by atoms with Crippen molar-refractivity contribution in [2.75, 3.05) is 7.11 Å². The van der Waals surface area contributed by atoms with Crippen LogP contribution in [0.1, 0.15) is 84.2 Å². The molecule has 0 fully saturated rings. The summed E-state index contributed by atoms with van der Waals surface area (Å²) >= 11 is 0. The van der Waals surface area contributed by atoms with E-state index in [-0.39, 0.29) is 14.9 Å². The Bertz CT molecular complexity index is 905. The molecule has 0 saturated carbocycles. The second-order valence-corrected chi connectivity index (χ2v) is 10.6. The smallest absolute Gasteiger partial charge is 0.122 e. The summed E-state index contributed by atoms with van der Waals surface area (Å²) in [6.07, 6.45) is 3.51. The van der Waals surface area contributed by atoms with Gasteiger partial charge in [0.15, 0.2) is 0 Å². The minimum atomic E-state index is 0. The zero-order chi connectivity index (χ0) is 25.5. The van der Waals surface area contributed by atoms with Gasteiger partial charge in [0.1, 0.15) is 5.75 Å². The largest absolute Gasteiger partial charge is 0.496 e. The molecule has 3 aromatic rings. The first kappa shape index (κ1) is 35.6. The van der Waals surface area contributed by atoms with E-state index >= 15 is 0 Å². The van der Waals surface area contributed by atoms with Gasteiger partial charge in [-0.25, -0.2) is 0 Å². The van der Waals surface area contributed by atoms with E-state index in [1.807, 2.05) is 0 Å². The Balaban J connectivity index is 0. The molecule has 1 nitrogen and oxygen atoms in total. The topological polar surface area (TPSA) is 9.23 Å². The van der Waals surface area contributed by atoms with E-state index in [2.05, 4.69) is 128 Å². The van der Waals surface area contributed by atoms with Crippen molar-refractivity contribution in [2.24, 2.45) is 17.8 Å². The van der Waals surface area contributed by atoms with Crippen LogP contribution in [0.25, 0.3) is 0 Å². The van der Waals surface area contributed by atoms with E-state index < -0.39 is 0 Å². The van der Waals surface area contributed by atoms with E-state index in [4.69, 9.17) is 4.74 Å². The number of rotatable bonds is 7. The van der Waals surface area contributed by atoms with Gasteiger partial charge in [-0.3, -0.25) is 0 Å². The Hall–Kier alpha value is -2.54. The van der Waals surface area contributed by atoms with Crippen LogP contribution in [-0.4, -0.2) is 7.11 Å². The normalized spacial score (nSPS) is 9.89. The van der Waals surface area contributed by atoms with Gasteiger partial charge in [-0.15, -0.1) is 0 Å². The van der Waals surface area contributed by atoms with Crippen molar-refractivity contribution in [1.29, 1.82) is 0 Å². The van der Waals surface area contributed by atoms with Gasteiger partial charge in [-0.05, 0) is 79.2 Å². The van der Waals surface area contributed by atoms with E-state index in [1.54, 1.807) is 7.11 Å². The van der Waals surface area contributed by atoms with Gasteiger partial charge in [0.25, 0.3) is 0 Å². The van der Waals surface area contributed by atoms with Gasteiger partial charge >= 0.3 is 0 Å². The first-order valence-corrected chi connectivity index (χ1v) is 12.8. The van der Waals surface area contributed by atoms with Crippen molar-refractivity contribution in [3.8, 4) is 5.75 Å². The molecule has 0 amide bonds. The Labute approximate surface area is 225 Å². The van der Waals surface area contributed by atoms with Crippen LogP contribution in [-0.2, 0) is 19.3 Å². The molecule has 0 bridgehead atoms. The molecule has 36 heavy (non-hydrogen) atoms. The highest BCUT2D eigenvalue weighted by Gasteiger charge is 2.02. The highest BCUT2D eigenvalue weighted by molar-refractivity contribution is 5.36. The van der Waals surface area contributed by atoms with Crippen LogP contribution in [0.3, 0.4) is 0 Å². The third kappa shape index (κ3) is 16.2. The minimum absolute atomic E-state index is 0. The van der Waals surface area contributed by atoms with Crippen LogP contribution in [0.15, 0.2) is 72.8 Å². The molecule has 1 heteroatoms. The molecule has 0 aliphatic heterocycles. The van der Waals surface area contributed by atoms with Gasteiger partial charge in [-0.1, -0.05) is 129 Å². The summed E-state index contributed by atoms with van der Waals surface area (Å²) in [4.78, 5) is 0. The molecule has 0 aromatic heterocycles. The maximum Gasteiger partial charge on any atom is 0.122 e. The van der Waals surface area contributed by atoms with Crippen LogP contribution in [0, 0.1) is 31.6 Å². The second kappa shape index (κ2) is 19.6. The molecular formula is C35H56O. The zero-order valence-corrected chi connectivity index (χ0v) is 23.2. The van der Waals surface area contributed by atoms with Gasteiger partial charge in [0.2, 0.25) is 0 Å². The number of benzene rings is 3. The van der Waals surface area contributed by atoms with Crippen molar-refractivity contribution in [3.05, 3.63) is 101 Å². The summed E-state index contributed by atoms with van der Waals surface area (Å²) in [6, 6.07) is 25.8. The summed E-state index contributed by atoms with van der Waals surface area (Å²) in [5, 5.41) is 0. The fourth-order valence-corrected chi connectivity index (χ4v) is 3.74. The number of methoxy groups -OCH3 is 1. The van der Waals surface area contributed by atoms with Gasteiger partial charge < -0.3 is 4.74 Å². The third-order valence-corrected chi connectivity index (χ3v) is 5.37. The molecule has 0 atom stereocenters. The van der Waals surface area contributed by atoms with Gasteiger partial charge in [0.05, 0.1) is 7.11 Å². The number of aryl methyl sites for hydroxylation is 2. The Morgan fingerprint density at radius 2 is 0.972 bits per heavy atom. The van der Waals surface area contributed by atoms with E-state index in [1.165, 1.54) is 40.7 Å². The Morgan fingerprint density at radius 1 is 0.556 bits per heavy atom. The summed E-state index contributed by atoms with van der Waals surface area (Å²) < 4.78 is 5.27. The van der Waals surface area contributed by atoms with E-state index in [0.29, 0.717) is 5.92 Å². The molecule has 0 spiro atoms. The summed E-state index contributed by atoms with van der Waals surface area (Å²) in [5.74, 6) is 3.23. The van der Waals surface area contributed by atoms with E-state index in [9.17, 15) is 0 Å². The quantitative estimate of drug-likeness (QED) is 0.319. The number of hydrogen-bond donors (Lipinski definition) is 0. The average Bonchev–Trinajstić information content (AvgIpc) is 2.77. The zero-order valence-electron chi connectivity index (χ0n) is 23.2. The molecule has 0 saturated heterocycles. The molecular weight excluding hydrogens is 436 g/mol. The van der Waals surface area contributed by atoms with Crippen LogP contribution in [0.4, 0.5) is 0 Å². The molecule has 3 aromatic carbocycles. The molecule has 0 unspecified atom stereocenters. The highest BCUT2D eigenvalue weighted by Crippen LogP contribution is 2.20. The van der Waals surface area contributed by atoms with Crippen molar-refractivity contribution < 1.29 is 4.74 Å². The summed E-state index contributed by atoms with van der Waals surface area (Å²) in [6.45, 7) is 17.6. The van der Waals surface area contributed by atoms with Crippen LogP contribution in [0.2, 0.25) is 0 Å². The minimum Gasteiger partial charge on any atom is -0.496 e. The third-order valence-electron chi connectivity index (χ3n) is 5.37. The van der Waals surface area contributed by atoms with Crippen LogP contribution >= 0.6 is 0 Å². The van der Waals surface area contributed by atoms with Crippen LogP contribution < -0.4 is 4.74 Å². The maximum absolute atomic E-state index is 5.27. The standard InChI is InChI=1S/C12H18O.C11H16.C10H14.2CH4/c1-9(2)7-11-6-5-10(3)12(8-11)13-4;1-9(2)8-11-6-4-10(3)5-7-11;1-9(2)8-10-6-4-3-5-7-10;;/h5-6,8-9H,7H2,1-4H3;4-7,9H,8H2,1-3H3;3-7,9H,8H2,1-2H3;2*1H4. The lowest BCUT2D eigenvalue weighted by atomic mass is 10.0. The molecule has 0 radical (unpaired) electrons. The predicted octanol–water partition coefficient (Wildman–Crippen LogP) is 10.6. The highest BCUT2D eigenvalue weighted by atomic mass is 16.5. The Kier molecular flexibility index (Phi) is 19.4. The van der Waals surface area contributed by atoms with Crippen molar-refractivity contribution in [1.82, 2.24) is 0 Å². The van der Waals surface area contributed by atoms with Crippen molar-refractivity contribution in [3.63, 3.8) is 0 Å². The monoisotopic (exact) mass is 492 g/mol. The number of hydrogen-bond acceptors (Lipinski definition) is 1. The lowest BCUT2D eigenvalue weighted by Crippen LogP contribution is -1.95. The van der Waals surface area contributed by atoms with Crippen molar-refractivity contribution >= 4 is 0 Å². The van der Waals surface area contributed by atoms with Crippen LogP contribution in [0.5, 0.6) is 5.75 Å². The summed E-state index contributed by atoms with van der Waals surface area (Å²) in [5.41, 5.74) is 6.80. The molecule has 202 valence electrons. The Morgan fingerprint density at radius 3 is 1.42 bits per heavy atom. The first-order valence-electron chi connectivity index (χ1n) is 12.8. The second-order valence-electron chi connectivity index (χ2n) is 10.6. The molecule has 0 heterocycles. The van der Waals surface area contributed by atoms with Crippen molar-refractivity contribution in [2.45, 2.75) is 89.5 Å². The molecule has 0 aliphatic carbocycles. The summed E-state index contributed by atoms with van der Waals surface area (Å²) in [7, 11) is 1.72. The predicted molar refractivity (Wildman–Crippen MR) is 164 cm³/mol. The SMILES string of the molecule is C.C.CC(C)Cc1ccccc1.COc1cc(CC(C)C)ccc1C.Cc1ccc(CC(C)C)cc1. The average molecular weight is 493 g/mol. The molecule has 0 N–H and O–H groups in total. The van der Waals surface area contributed by atoms with E-state index in [0.717, 1.165) is 24.0 Å². The fourth-order valence-electron chi connectivity index (χ4n) is 3.74. The molecule has 3 rings (SSSR count). The lowest BCUT2D eigenvalue weighted by Gasteiger charge is -2.09. The first-order chi connectivity index (χ1) is 16.1. The fraction of sp³-hybridized carbons (Fsp3) is 0.486. The number of ether oxygens (including phenoxy) is 1. The molecule has 0 aliphatic rings. The van der Waals surface area contributed by atoms with Gasteiger partial charge in [-0.2, -0.15) is 0 Å². The lowest BCUT2D eigenvalue weighted by molar-refractivity contribution is 0.411. The maximum atomic E-state index is 5.27.